The summed E-state index contributed by atoms with van der Waals surface area (Å²) < 4.78 is 21.5. The van der Waals surface area contributed by atoms with Crippen LogP contribution < -0.4 is 15.2 Å². The summed E-state index contributed by atoms with van der Waals surface area (Å²) in [6, 6.07) is 5.81. The molecule has 1 rings (SSSR count). The number of carboxylic acids is 3. The Balaban J connectivity index is 2.32. The average molecular weight is 458 g/mol. The summed E-state index contributed by atoms with van der Waals surface area (Å²) in [4.78, 5) is 34.1. The van der Waals surface area contributed by atoms with Crippen LogP contribution in [0.4, 0.5) is 0 Å². The van der Waals surface area contributed by atoms with Crippen LogP contribution >= 0.6 is 0 Å². The number of nitrogens with two attached hydrogens (primary N) is 1. The van der Waals surface area contributed by atoms with Crippen LogP contribution in [0.15, 0.2) is 24.3 Å². The van der Waals surface area contributed by atoms with Crippen LogP contribution in [-0.2, 0) is 23.9 Å². The summed E-state index contributed by atoms with van der Waals surface area (Å²) in [7, 11) is 0. The lowest BCUT2D eigenvalue weighted by atomic mass is 10.1. The summed E-state index contributed by atoms with van der Waals surface area (Å²) in [6.07, 6.45) is 0.352. The summed E-state index contributed by atoms with van der Waals surface area (Å²) in [5.41, 5.74) is 5.23. The van der Waals surface area contributed by atoms with Gasteiger partial charge < -0.3 is 40.0 Å². The molecule has 0 radical (unpaired) electrons. The third-order valence-electron chi connectivity index (χ3n) is 4.08. The maximum atomic E-state index is 11.4. The highest BCUT2D eigenvalue weighted by atomic mass is 16.5. The molecule has 0 saturated heterocycles. The standard InChI is InChI=1S/C20H30N2O10/c21-14-30-8-10-32-16-4-1-3-15(11-16)31-9-7-29-6-2-5-17(20(27)28)22(12-18(23)24)13-19(25)26/h1,3-4,11,17H,2,5-10,12-14,21H2,(H,23,24)(H,25,26)(H,27,28). The lowest BCUT2D eigenvalue weighted by molar-refractivity contribution is -0.149. The highest BCUT2D eigenvalue weighted by molar-refractivity contribution is 5.78. The van der Waals surface area contributed by atoms with Crippen molar-refractivity contribution in [1.82, 2.24) is 4.90 Å². The lowest BCUT2D eigenvalue weighted by Gasteiger charge is -2.25. The molecule has 32 heavy (non-hydrogen) atoms. The van der Waals surface area contributed by atoms with Gasteiger partial charge in [-0.3, -0.25) is 19.3 Å². The molecule has 0 spiro atoms. The fourth-order valence-corrected chi connectivity index (χ4v) is 2.74. The summed E-state index contributed by atoms with van der Waals surface area (Å²) in [5.74, 6) is -2.67. The molecule has 1 unspecified atom stereocenters. The van der Waals surface area contributed by atoms with Crippen molar-refractivity contribution in [2.45, 2.75) is 18.9 Å². The predicted octanol–water partition coefficient (Wildman–Crippen LogP) is 0.0982. The zero-order valence-corrected chi connectivity index (χ0v) is 17.7. The molecule has 1 atom stereocenters. The lowest BCUT2D eigenvalue weighted by Crippen LogP contribution is -2.46. The number of hydrogen-bond acceptors (Lipinski definition) is 9. The molecule has 12 heteroatoms. The van der Waals surface area contributed by atoms with E-state index in [1.807, 2.05) is 0 Å². The van der Waals surface area contributed by atoms with Gasteiger partial charge in [-0.2, -0.15) is 0 Å². The van der Waals surface area contributed by atoms with Crippen LogP contribution in [0.5, 0.6) is 11.5 Å². The minimum Gasteiger partial charge on any atom is -0.491 e. The first-order chi connectivity index (χ1) is 15.3. The largest absolute Gasteiger partial charge is 0.491 e. The van der Waals surface area contributed by atoms with Crippen LogP contribution in [-0.4, -0.2) is 97.0 Å². The molecule has 1 aromatic rings. The van der Waals surface area contributed by atoms with Crippen LogP contribution in [0.2, 0.25) is 0 Å². The SMILES string of the molecule is NCOCCOc1cccc(OCCOCCCC(C(=O)O)N(CC(=O)O)CC(=O)O)c1. The van der Waals surface area contributed by atoms with Gasteiger partial charge in [0.25, 0.3) is 0 Å². The second kappa shape index (κ2) is 15.8. The molecule has 0 amide bonds. The van der Waals surface area contributed by atoms with Crippen molar-refractivity contribution in [3.63, 3.8) is 0 Å². The van der Waals surface area contributed by atoms with Gasteiger partial charge in [-0.1, -0.05) is 6.07 Å². The Hall–Kier alpha value is -2.93. The van der Waals surface area contributed by atoms with E-state index in [0.717, 1.165) is 4.90 Å². The van der Waals surface area contributed by atoms with Gasteiger partial charge in [0, 0.05) is 12.7 Å². The average Bonchev–Trinajstić information content (AvgIpc) is 2.72. The van der Waals surface area contributed by atoms with Crippen molar-refractivity contribution >= 4 is 17.9 Å². The highest BCUT2D eigenvalue weighted by Gasteiger charge is 2.28. The van der Waals surface area contributed by atoms with E-state index in [-0.39, 0.29) is 33.0 Å². The number of aliphatic carboxylic acids is 3. The van der Waals surface area contributed by atoms with E-state index < -0.39 is 37.0 Å². The molecular weight excluding hydrogens is 428 g/mol. The van der Waals surface area contributed by atoms with Gasteiger partial charge in [0.05, 0.1) is 33.0 Å². The normalized spacial score (nSPS) is 11.8. The number of carbonyl (C=O) groups is 3. The van der Waals surface area contributed by atoms with E-state index in [0.29, 0.717) is 31.1 Å². The summed E-state index contributed by atoms with van der Waals surface area (Å²) in [6.45, 7) is 0.229. The van der Waals surface area contributed by atoms with Crippen LogP contribution in [0.1, 0.15) is 12.8 Å². The molecule has 5 N–H and O–H groups in total. The van der Waals surface area contributed by atoms with Gasteiger partial charge in [-0.05, 0) is 25.0 Å². The third kappa shape index (κ3) is 12.1. The molecule has 180 valence electrons. The van der Waals surface area contributed by atoms with Crippen molar-refractivity contribution in [3.05, 3.63) is 24.3 Å². The predicted molar refractivity (Wildman–Crippen MR) is 111 cm³/mol. The molecule has 0 fully saturated rings. The number of hydrogen-bond donors (Lipinski definition) is 4. The van der Waals surface area contributed by atoms with Gasteiger partial charge in [0.15, 0.2) is 0 Å². The molecular formula is C20H30N2O10. The third-order valence-corrected chi connectivity index (χ3v) is 4.08. The monoisotopic (exact) mass is 458 g/mol. The Morgan fingerprint density at radius 2 is 1.44 bits per heavy atom. The Kier molecular flexibility index (Phi) is 13.4. The molecule has 0 aliphatic heterocycles. The molecule has 0 saturated carbocycles. The first kappa shape index (κ1) is 27.1. The van der Waals surface area contributed by atoms with E-state index in [1.54, 1.807) is 24.3 Å². The molecule has 1 aromatic carbocycles. The zero-order chi connectivity index (χ0) is 23.8. The maximum Gasteiger partial charge on any atom is 0.320 e. The summed E-state index contributed by atoms with van der Waals surface area (Å²) in [5, 5.41) is 27.1. The first-order valence-corrected chi connectivity index (χ1v) is 9.95. The van der Waals surface area contributed by atoms with Crippen molar-refractivity contribution in [2.75, 3.05) is 52.9 Å². The number of ether oxygens (including phenoxy) is 4. The first-order valence-electron chi connectivity index (χ1n) is 9.95. The van der Waals surface area contributed by atoms with E-state index in [9.17, 15) is 19.5 Å². The molecule has 0 aliphatic carbocycles. The summed E-state index contributed by atoms with van der Waals surface area (Å²) >= 11 is 0. The van der Waals surface area contributed by atoms with Gasteiger partial charge in [0.1, 0.15) is 30.8 Å². The fourth-order valence-electron chi connectivity index (χ4n) is 2.74. The number of rotatable bonds is 19. The molecule has 0 bridgehead atoms. The van der Waals surface area contributed by atoms with E-state index in [1.165, 1.54) is 0 Å². The Morgan fingerprint density at radius 1 is 0.875 bits per heavy atom. The maximum absolute atomic E-state index is 11.4. The van der Waals surface area contributed by atoms with Gasteiger partial charge in [-0.15, -0.1) is 0 Å². The van der Waals surface area contributed by atoms with Crippen molar-refractivity contribution in [2.24, 2.45) is 5.73 Å². The van der Waals surface area contributed by atoms with Crippen molar-refractivity contribution < 1.29 is 48.7 Å². The number of nitrogens with zero attached hydrogens (tertiary/aromatic N) is 1. The second-order valence-electron chi connectivity index (χ2n) is 6.55. The van der Waals surface area contributed by atoms with Crippen LogP contribution in [0, 0.1) is 0 Å². The molecule has 12 nitrogen and oxygen atoms in total. The Morgan fingerprint density at radius 3 is 1.94 bits per heavy atom. The minimum atomic E-state index is -1.30. The minimum absolute atomic E-state index is 0.0456. The smallest absolute Gasteiger partial charge is 0.320 e. The van der Waals surface area contributed by atoms with Crippen molar-refractivity contribution in [1.29, 1.82) is 0 Å². The Labute approximate surface area is 185 Å². The van der Waals surface area contributed by atoms with E-state index in [4.69, 9.17) is 34.9 Å². The van der Waals surface area contributed by atoms with E-state index in [2.05, 4.69) is 0 Å². The second-order valence-corrected chi connectivity index (χ2v) is 6.55. The van der Waals surface area contributed by atoms with Gasteiger partial charge in [0.2, 0.25) is 0 Å². The molecule has 0 aliphatic rings. The van der Waals surface area contributed by atoms with E-state index >= 15 is 0 Å². The number of carboxylic acid groups (broad SMARTS) is 3. The quantitative estimate of drug-likeness (QED) is 0.162. The van der Waals surface area contributed by atoms with Gasteiger partial charge >= 0.3 is 17.9 Å². The topological polar surface area (TPSA) is 178 Å². The molecule has 0 heterocycles. The number of benzene rings is 1. The Bertz CT molecular complexity index is 699. The molecule has 0 aromatic heterocycles. The fraction of sp³-hybridized carbons (Fsp3) is 0.550. The van der Waals surface area contributed by atoms with Crippen molar-refractivity contribution in [3.8, 4) is 11.5 Å². The highest BCUT2D eigenvalue weighted by Crippen LogP contribution is 2.19. The zero-order valence-electron chi connectivity index (χ0n) is 17.7. The van der Waals surface area contributed by atoms with Crippen LogP contribution in [0.3, 0.4) is 0 Å². The van der Waals surface area contributed by atoms with Crippen LogP contribution in [0.25, 0.3) is 0 Å². The van der Waals surface area contributed by atoms with Gasteiger partial charge in [-0.25, -0.2) is 0 Å².